The molecule has 0 aliphatic rings. The smallest absolute Gasteiger partial charge is 0.130 e. The van der Waals surface area contributed by atoms with Crippen LogP contribution in [0.4, 0.5) is 0 Å². The van der Waals surface area contributed by atoms with Gasteiger partial charge in [-0.3, -0.25) is 0 Å². The van der Waals surface area contributed by atoms with Crippen molar-refractivity contribution >= 4 is 31.9 Å². The minimum Gasteiger partial charge on any atom is -0.334 e. The lowest BCUT2D eigenvalue weighted by Crippen LogP contribution is -2.25. The summed E-state index contributed by atoms with van der Waals surface area (Å²) in [5.41, 5.74) is 1.19. The molecule has 0 radical (unpaired) electrons. The Kier molecular flexibility index (Phi) is 5.19. The zero-order valence-corrected chi connectivity index (χ0v) is 14.2. The van der Waals surface area contributed by atoms with Crippen molar-refractivity contribution in [3.8, 4) is 0 Å². The minimum absolute atomic E-state index is 0.0897. The van der Waals surface area contributed by atoms with Gasteiger partial charge in [-0.25, -0.2) is 4.98 Å². The molecule has 5 heteroatoms. The summed E-state index contributed by atoms with van der Waals surface area (Å²) in [4.78, 5) is 4.52. The Bertz CT molecular complexity index is 551. The van der Waals surface area contributed by atoms with Crippen LogP contribution < -0.4 is 5.32 Å². The first-order chi connectivity index (χ1) is 9.17. The van der Waals surface area contributed by atoms with Crippen LogP contribution in [0.1, 0.15) is 31.3 Å². The summed E-state index contributed by atoms with van der Waals surface area (Å²) in [7, 11) is 0. The van der Waals surface area contributed by atoms with E-state index in [0.717, 1.165) is 27.9 Å². The average Bonchev–Trinajstić information content (AvgIpc) is 2.87. The predicted octanol–water partition coefficient (Wildman–Crippen LogP) is 4.13. The molecular formula is C14H17Br2N3. The second-order valence-electron chi connectivity index (χ2n) is 4.23. The number of aromatic nitrogens is 2. The van der Waals surface area contributed by atoms with E-state index in [9.17, 15) is 0 Å². The van der Waals surface area contributed by atoms with Gasteiger partial charge >= 0.3 is 0 Å². The van der Waals surface area contributed by atoms with Crippen LogP contribution in [-0.2, 0) is 6.54 Å². The Morgan fingerprint density at radius 1 is 1.32 bits per heavy atom. The van der Waals surface area contributed by atoms with Gasteiger partial charge in [0.25, 0.3) is 0 Å². The third-order valence-corrected chi connectivity index (χ3v) is 4.24. The van der Waals surface area contributed by atoms with E-state index in [1.807, 2.05) is 18.5 Å². The highest BCUT2D eigenvalue weighted by Gasteiger charge is 2.20. The van der Waals surface area contributed by atoms with Crippen LogP contribution in [0.25, 0.3) is 0 Å². The van der Waals surface area contributed by atoms with Crippen molar-refractivity contribution in [3.63, 3.8) is 0 Å². The number of rotatable bonds is 5. The Morgan fingerprint density at radius 2 is 2.11 bits per heavy atom. The van der Waals surface area contributed by atoms with Crippen LogP contribution in [0.2, 0.25) is 0 Å². The quantitative estimate of drug-likeness (QED) is 0.837. The third kappa shape index (κ3) is 3.27. The van der Waals surface area contributed by atoms with Crippen LogP contribution in [-0.4, -0.2) is 16.1 Å². The number of imidazole rings is 1. The molecule has 0 saturated carbocycles. The zero-order valence-electron chi connectivity index (χ0n) is 11.0. The van der Waals surface area contributed by atoms with E-state index in [0.29, 0.717) is 0 Å². The molecule has 0 aliphatic carbocycles. The van der Waals surface area contributed by atoms with Crippen molar-refractivity contribution in [2.24, 2.45) is 0 Å². The number of aryl methyl sites for hydroxylation is 1. The van der Waals surface area contributed by atoms with E-state index in [1.165, 1.54) is 5.56 Å². The summed E-state index contributed by atoms with van der Waals surface area (Å²) in [5.74, 6) is 1.04. The molecule has 0 saturated heterocycles. The molecule has 0 amide bonds. The van der Waals surface area contributed by atoms with Crippen molar-refractivity contribution in [3.05, 3.63) is 50.9 Å². The van der Waals surface area contributed by atoms with E-state index in [1.54, 1.807) is 0 Å². The molecule has 0 aliphatic heterocycles. The van der Waals surface area contributed by atoms with Gasteiger partial charge in [0.1, 0.15) is 5.82 Å². The van der Waals surface area contributed by atoms with E-state index < -0.39 is 0 Å². The highest BCUT2D eigenvalue weighted by Crippen LogP contribution is 2.30. The van der Waals surface area contributed by atoms with Crippen LogP contribution in [0, 0.1) is 0 Å². The fraction of sp³-hybridized carbons (Fsp3) is 0.357. The van der Waals surface area contributed by atoms with Gasteiger partial charge in [0.2, 0.25) is 0 Å². The summed E-state index contributed by atoms with van der Waals surface area (Å²) >= 11 is 7.17. The van der Waals surface area contributed by atoms with Gasteiger partial charge in [-0.05, 0) is 37.2 Å². The highest BCUT2D eigenvalue weighted by molar-refractivity contribution is 9.11. The van der Waals surface area contributed by atoms with Gasteiger partial charge in [0, 0.05) is 27.9 Å². The largest absolute Gasteiger partial charge is 0.334 e. The van der Waals surface area contributed by atoms with Gasteiger partial charge in [0.05, 0.1) is 6.04 Å². The molecule has 102 valence electrons. The van der Waals surface area contributed by atoms with E-state index >= 15 is 0 Å². The molecule has 1 atom stereocenters. The number of hydrogen-bond acceptors (Lipinski definition) is 2. The third-order valence-electron chi connectivity index (χ3n) is 3.02. The van der Waals surface area contributed by atoms with Gasteiger partial charge < -0.3 is 9.88 Å². The highest BCUT2D eigenvalue weighted by atomic mass is 79.9. The SMILES string of the molecule is CCNC(c1cc(Br)ccc1Br)c1nccn1CC. The van der Waals surface area contributed by atoms with Crippen molar-refractivity contribution < 1.29 is 0 Å². The Balaban J connectivity index is 2.48. The molecule has 2 aromatic rings. The standard InChI is InChI=1S/C14H17Br2N3/c1-3-17-13(14-18-7-8-19(14)4-2)11-9-10(15)5-6-12(11)16/h5-9,13,17H,3-4H2,1-2H3. The fourth-order valence-electron chi connectivity index (χ4n) is 2.13. The molecule has 0 bridgehead atoms. The first-order valence-electron chi connectivity index (χ1n) is 6.36. The van der Waals surface area contributed by atoms with Crippen molar-refractivity contribution in [2.75, 3.05) is 6.54 Å². The number of benzene rings is 1. The van der Waals surface area contributed by atoms with E-state index in [2.05, 4.69) is 72.7 Å². The lowest BCUT2D eigenvalue weighted by atomic mass is 10.1. The second kappa shape index (κ2) is 6.68. The van der Waals surface area contributed by atoms with Crippen LogP contribution in [0.15, 0.2) is 39.5 Å². The van der Waals surface area contributed by atoms with Crippen molar-refractivity contribution in [1.29, 1.82) is 0 Å². The minimum atomic E-state index is 0.0897. The van der Waals surface area contributed by atoms with Gasteiger partial charge in [-0.1, -0.05) is 38.8 Å². The molecule has 3 nitrogen and oxygen atoms in total. The molecular weight excluding hydrogens is 370 g/mol. The molecule has 19 heavy (non-hydrogen) atoms. The lowest BCUT2D eigenvalue weighted by Gasteiger charge is -2.20. The number of nitrogens with one attached hydrogen (secondary N) is 1. The molecule has 0 spiro atoms. The maximum absolute atomic E-state index is 4.52. The number of halogens is 2. The lowest BCUT2D eigenvalue weighted by molar-refractivity contribution is 0.557. The Hall–Kier alpha value is -0.650. The summed E-state index contributed by atoms with van der Waals surface area (Å²) < 4.78 is 4.33. The van der Waals surface area contributed by atoms with Gasteiger partial charge in [-0.15, -0.1) is 0 Å². The molecule has 1 unspecified atom stereocenters. The van der Waals surface area contributed by atoms with Gasteiger partial charge in [-0.2, -0.15) is 0 Å². The summed E-state index contributed by atoms with van der Waals surface area (Å²) in [6, 6.07) is 6.31. The Morgan fingerprint density at radius 3 is 2.79 bits per heavy atom. The number of nitrogens with zero attached hydrogens (tertiary/aromatic N) is 2. The first-order valence-corrected chi connectivity index (χ1v) is 7.95. The number of hydrogen-bond donors (Lipinski definition) is 1. The second-order valence-corrected chi connectivity index (χ2v) is 6.00. The normalized spacial score (nSPS) is 12.6. The monoisotopic (exact) mass is 385 g/mol. The predicted molar refractivity (Wildman–Crippen MR) is 85.3 cm³/mol. The van der Waals surface area contributed by atoms with Crippen LogP contribution in [0.5, 0.6) is 0 Å². The summed E-state index contributed by atoms with van der Waals surface area (Å²) in [6.07, 6.45) is 3.88. The van der Waals surface area contributed by atoms with E-state index in [4.69, 9.17) is 0 Å². The van der Waals surface area contributed by atoms with Crippen molar-refractivity contribution in [2.45, 2.75) is 26.4 Å². The van der Waals surface area contributed by atoms with Crippen molar-refractivity contribution in [1.82, 2.24) is 14.9 Å². The van der Waals surface area contributed by atoms with Gasteiger partial charge in [0.15, 0.2) is 0 Å². The molecule has 2 rings (SSSR count). The Labute approximate surface area is 130 Å². The maximum atomic E-state index is 4.52. The molecule has 1 N–H and O–H groups in total. The maximum Gasteiger partial charge on any atom is 0.130 e. The van der Waals surface area contributed by atoms with Crippen LogP contribution in [0.3, 0.4) is 0 Å². The fourth-order valence-corrected chi connectivity index (χ4v) is 2.98. The summed E-state index contributed by atoms with van der Waals surface area (Å²) in [6.45, 7) is 6.05. The topological polar surface area (TPSA) is 29.9 Å². The van der Waals surface area contributed by atoms with Crippen LogP contribution >= 0.6 is 31.9 Å². The first kappa shape index (κ1) is 14.8. The molecule has 1 aromatic carbocycles. The molecule has 1 aromatic heterocycles. The van der Waals surface area contributed by atoms with E-state index in [-0.39, 0.29) is 6.04 Å². The molecule has 0 fully saturated rings. The zero-order chi connectivity index (χ0) is 13.8. The summed E-state index contributed by atoms with van der Waals surface area (Å²) in [5, 5.41) is 3.51. The average molecular weight is 387 g/mol. The molecule has 1 heterocycles.